The molecule has 3 aromatic rings. The molecule has 0 saturated heterocycles. The first kappa shape index (κ1) is 21.0. The molecule has 10 nitrogen and oxygen atoms in total. The zero-order valence-corrected chi connectivity index (χ0v) is 17.4. The number of H-pyrrole nitrogens is 1. The number of ether oxygens (including phenoxy) is 1. The summed E-state index contributed by atoms with van der Waals surface area (Å²) in [6.07, 6.45) is -0.774. The maximum Gasteiger partial charge on any atom is 0.414 e. The highest BCUT2D eigenvalue weighted by Gasteiger charge is 2.31. The van der Waals surface area contributed by atoms with E-state index in [1.165, 1.54) is 13.8 Å². The van der Waals surface area contributed by atoms with Crippen LogP contribution in [-0.2, 0) is 9.53 Å². The summed E-state index contributed by atoms with van der Waals surface area (Å²) in [6.45, 7) is 2.78. The number of nitrogens with zero attached hydrogens (tertiary/aromatic N) is 2. The second kappa shape index (κ2) is 8.14. The summed E-state index contributed by atoms with van der Waals surface area (Å²) in [6, 6.07) is 16.0. The smallest absolute Gasteiger partial charge is 0.414 e. The Morgan fingerprint density at radius 3 is 2.25 bits per heavy atom. The minimum atomic E-state index is -1.50. The standard InChI is InChI=1S/C22H21N5O5/c1-22(2,19(29)30)25-18(28)17-23-20(27-26-17)24-21(31)32-11-16-14-9-5-3-7-12(14)13-8-4-6-10-15(13)16/h3-10,16H,11H2,1-2H3,(H,25,28)(H,29,30)(H2,23,24,26,27,31). The summed E-state index contributed by atoms with van der Waals surface area (Å²) in [5.41, 5.74) is 2.90. The number of aromatic amines is 1. The normalized spacial score (nSPS) is 12.6. The number of aromatic nitrogens is 3. The third kappa shape index (κ3) is 4.02. The predicted octanol–water partition coefficient (Wildman–Crippen LogP) is 2.76. The van der Waals surface area contributed by atoms with Gasteiger partial charge in [0, 0.05) is 5.92 Å². The number of aliphatic carboxylic acids is 1. The molecule has 1 aromatic heterocycles. The number of rotatable bonds is 6. The summed E-state index contributed by atoms with van der Waals surface area (Å²) in [7, 11) is 0. The number of hydrogen-bond donors (Lipinski definition) is 4. The molecule has 0 bridgehead atoms. The van der Waals surface area contributed by atoms with Gasteiger partial charge in [-0.25, -0.2) is 9.59 Å². The maximum atomic E-state index is 12.3. The van der Waals surface area contributed by atoms with Gasteiger partial charge in [0.05, 0.1) is 0 Å². The molecule has 0 unspecified atom stereocenters. The Morgan fingerprint density at radius 1 is 1.06 bits per heavy atom. The van der Waals surface area contributed by atoms with Gasteiger partial charge in [0.1, 0.15) is 12.1 Å². The number of hydrogen-bond acceptors (Lipinski definition) is 6. The van der Waals surface area contributed by atoms with Gasteiger partial charge in [0.25, 0.3) is 11.9 Å². The van der Waals surface area contributed by atoms with Crippen molar-refractivity contribution >= 4 is 23.9 Å². The fraction of sp³-hybridized carbons (Fsp3) is 0.227. The first-order chi connectivity index (χ1) is 15.3. The van der Waals surface area contributed by atoms with Crippen LogP contribution in [0.1, 0.15) is 41.5 Å². The molecule has 1 aliphatic carbocycles. The lowest BCUT2D eigenvalue weighted by atomic mass is 9.98. The number of nitrogens with one attached hydrogen (secondary N) is 3. The van der Waals surface area contributed by atoms with E-state index in [1.54, 1.807) is 0 Å². The number of carbonyl (C=O) groups is 3. The summed E-state index contributed by atoms with van der Waals surface area (Å²) in [5, 5.41) is 19.9. The summed E-state index contributed by atoms with van der Waals surface area (Å²) >= 11 is 0. The quantitative estimate of drug-likeness (QED) is 0.465. The molecule has 10 heteroatoms. The fourth-order valence-corrected chi connectivity index (χ4v) is 3.54. The number of carboxylic acid groups (broad SMARTS) is 1. The van der Waals surface area contributed by atoms with Crippen LogP contribution in [0.3, 0.4) is 0 Å². The topological polar surface area (TPSA) is 146 Å². The highest BCUT2D eigenvalue weighted by molar-refractivity contribution is 5.95. The van der Waals surface area contributed by atoms with Crippen LogP contribution in [0.2, 0.25) is 0 Å². The number of carbonyl (C=O) groups excluding carboxylic acids is 2. The van der Waals surface area contributed by atoms with Crippen molar-refractivity contribution in [2.45, 2.75) is 25.3 Å². The largest absolute Gasteiger partial charge is 0.480 e. The Balaban J connectivity index is 1.39. The number of fused-ring (bicyclic) bond motifs is 3. The molecular weight excluding hydrogens is 414 g/mol. The molecule has 0 fully saturated rings. The van der Waals surface area contributed by atoms with Crippen LogP contribution < -0.4 is 10.6 Å². The Hall–Kier alpha value is -4.21. The van der Waals surface area contributed by atoms with Gasteiger partial charge in [-0.15, -0.1) is 5.10 Å². The lowest BCUT2D eigenvalue weighted by Gasteiger charge is -2.19. The Labute approximate surface area is 183 Å². The van der Waals surface area contributed by atoms with Crippen molar-refractivity contribution in [3.8, 4) is 11.1 Å². The summed E-state index contributed by atoms with van der Waals surface area (Å²) < 4.78 is 5.40. The Kier molecular flexibility index (Phi) is 5.35. The number of amides is 2. The number of benzene rings is 2. The van der Waals surface area contributed by atoms with E-state index in [1.807, 2.05) is 48.5 Å². The lowest BCUT2D eigenvalue weighted by Crippen LogP contribution is -2.49. The molecule has 32 heavy (non-hydrogen) atoms. The zero-order chi connectivity index (χ0) is 22.9. The van der Waals surface area contributed by atoms with Crippen molar-refractivity contribution in [2.24, 2.45) is 0 Å². The van der Waals surface area contributed by atoms with Gasteiger partial charge in [0.2, 0.25) is 5.82 Å². The van der Waals surface area contributed by atoms with Crippen LogP contribution in [0, 0.1) is 0 Å². The van der Waals surface area contributed by atoms with Crippen molar-refractivity contribution in [2.75, 3.05) is 11.9 Å². The number of anilines is 1. The SMILES string of the molecule is CC(C)(NC(=O)c1nc(NC(=O)OCC2c3ccccc3-c3ccccc32)n[nH]1)C(=O)O. The van der Waals surface area contributed by atoms with E-state index in [2.05, 4.69) is 25.8 Å². The molecule has 0 radical (unpaired) electrons. The van der Waals surface area contributed by atoms with Crippen molar-refractivity contribution in [3.05, 3.63) is 65.5 Å². The van der Waals surface area contributed by atoms with Gasteiger partial charge in [-0.2, -0.15) is 4.98 Å². The summed E-state index contributed by atoms with van der Waals surface area (Å²) in [4.78, 5) is 39.4. The van der Waals surface area contributed by atoms with Crippen LogP contribution in [0.4, 0.5) is 10.7 Å². The molecule has 0 saturated carbocycles. The summed E-state index contributed by atoms with van der Waals surface area (Å²) in [5.74, 6) is -2.48. The van der Waals surface area contributed by atoms with E-state index in [4.69, 9.17) is 9.84 Å². The second-order valence-electron chi connectivity index (χ2n) is 7.84. The van der Waals surface area contributed by atoms with Gasteiger partial charge in [-0.1, -0.05) is 48.5 Å². The van der Waals surface area contributed by atoms with Crippen molar-refractivity contribution < 1.29 is 24.2 Å². The molecule has 4 N–H and O–H groups in total. The number of carboxylic acids is 1. The fourth-order valence-electron chi connectivity index (χ4n) is 3.54. The van der Waals surface area contributed by atoms with Gasteiger partial charge in [-0.3, -0.25) is 15.2 Å². The molecule has 164 valence electrons. The second-order valence-corrected chi connectivity index (χ2v) is 7.84. The van der Waals surface area contributed by atoms with E-state index in [0.717, 1.165) is 22.3 Å². The molecule has 1 heterocycles. The van der Waals surface area contributed by atoms with Gasteiger partial charge in [-0.05, 0) is 36.1 Å². The molecule has 0 aliphatic heterocycles. The van der Waals surface area contributed by atoms with Gasteiger partial charge < -0.3 is 15.2 Å². The van der Waals surface area contributed by atoms with Crippen LogP contribution in [0.25, 0.3) is 11.1 Å². The molecule has 4 rings (SSSR count). The lowest BCUT2D eigenvalue weighted by molar-refractivity contribution is -0.143. The monoisotopic (exact) mass is 435 g/mol. The van der Waals surface area contributed by atoms with Crippen LogP contribution in [0.5, 0.6) is 0 Å². The zero-order valence-electron chi connectivity index (χ0n) is 17.4. The van der Waals surface area contributed by atoms with Crippen molar-refractivity contribution in [3.63, 3.8) is 0 Å². The van der Waals surface area contributed by atoms with E-state index < -0.39 is 23.5 Å². The van der Waals surface area contributed by atoms with Crippen LogP contribution >= 0.6 is 0 Å². The first-order valence-corrected chi connectivity index (χ1v) is 9.86. The van der Waals surface area contributed by atoms with Crippen LogP contribution in [-0.4, -0.2) is 50.4 Å². The average molecular weight is 435 g/mol. The predicted molar refractivity (Wildman–Crippen MR) is 114 cm³/mol. The Morgan fingerprint density at radius 2 is 1.66 bits per heavy atom. The molecular formula is C22H21N5O5. The van der Waals surface area contributed by atoms with Crippen molar-refractivity contribution in [1.29, 1.82) is 0 Å². The highest BCUT2D eigenvalue weighted by atomic mass is 16.5. The molecule has 2 aromatic carbocycles. The molecule has 0 spiro atoms. The van der Waals surface area contributed by atoms with Crippen molar-refractivity contribution in [1.82, 2.24) is 20.5 Å². The van der Waals surface area contributed by atoms with Gasteiger partial charge in [0.15, 0.2) is 0 Å². The maximum absolute atomic E-state index is 12.3. The first-order valence-electron chi connectivity index (χ1n) is 9.86. The molecule has 2 amide bonds. The minimum Gasteiger partial charge on any atom is -0.480 e. The van der Waals surface area contributed by atoms with E-state index in [0.29, 0.717) is 0 Å². The average Bonchev–Trinajstić information content (AvgIpc) is 3.35. The van der Waals surface area contributed by atoms with E-state index >= 15 is 0 Å². The van der Waals surface area contributed by atoms with E-state index in [9.17, 15) is 14.4 Å². The van der Waals surface area contributed by atoms with E-state index in [-0.39, 0.29) is 24.3 Å². The highest BCUT2D eigenvalue weighted by Crippen LogP contribution is 2.44. The third-order valence-corrected chi connectivity index (χ3v) is 5.22. The third-order valence-electron chi connectivity index (χ3n) is 5.22. The van der Waals surface area contributed by atoms with Crippen LogP contribution in [0.15, 0.2) is 48.5 Å². The molecule has 0 atom stereocenters. The minimum absolute atomic E-state index is 0.0973. The van der Waals surface area contributed by atoms with Gasteiger partial charge >= 0.3 is 12.1 Å². The Bertz CT molecular complexity index is 1160. The molecule has 1 aliphatic rings.